The van der Waals surface area contributed by atoms with Gasteiger partial charge in [-0.25, -0.2) is 4.98 Å². The highest BCUT2D eigenvalue weighted by Crippen LogP contribution is 2.23. The molecular weight excluding hydrogens is 296 g/mol. The molecule has 0 unspecified atom stereocenters. The number of carbonyl (C=O) groups excluding carboxylic acids is 1. The highest BCUT2D eigenvalue weighted by molar-refractivity contribution is 6.34. The minimum absolute atomic E-state index is 0.00678. The Kier molecular flexibility index (Phi) is 4.04. The molecule has 2 rings (SSSR count). The Labute approximate surface area is 124 Å². The second-order valence-corrected chi connectivity index (χ2v) is 4.69. The van der Waals surface area contributed by atoms with Crippen molar-refractivity contribution in [1.29, 1.82) is 0 Å². The molecule has 0 spiro atoms. The van der Waals surface area contributed by atoms with Crippen molar-refractivity contribution in [2.45, 2.75) is 6.92 Å². The number of anilines is 2. The molecule has 0 fully saturated rings. The van der Waals surface area contributed by atoms with Crippen LogP contribution in [0.5, 0.6) is 0 Å². The van der Waals surface area contributed by atoms with Crippen LogP contribution >= 0.6 is 11.6 Å². The van der Waals surface area contributed by atoms with E-state index in [1.165, 1.54) is 30.3 Å². The Morgan fingerprint density at radius 2 is 2.10 bits per heavy atom. The number of nitrogen functional groups attached to an aromatic ring is 1. The molecular formula is C13H11ClN4O3. The molecule has 1 amide bonds. The van der Waals surface area contributed by atoms with Crippen LogP contribution in [-0.2, 0) is 0 Å². The van der Waals surface area contributed by atoms with E-state index in [0.717, 1.165) is 0 Å². The van der Waals surface area contributed by atoms with Gasteiger partial charge in [0.2, 0.25) is 0 Å². The second-order valence-electron chi connectivity index (χ2n) is 4.28. The maximum absolute atomic E-state index is 12.1. The van der Waals surface area contributed by atoms with Gasteiger partial charge in [-0.05, 0) is 31.2 Å². The van der Waals surface area contributed by atoms with E-state index in [2.05, 4.69) is 10.3 Å². The Balaban J connectivity index is 2.26. The van der Waals surface area contributed by atoms with Crippen molar-refractivity contribution in [3.05, 3.63) is 56.7 Å². The lowest BCUT2D eigenvalue weighted by Gasteiger charge is -2.07. The third-order valence-electron chi connectivity index (χ3n) is 2.73. The number of halogens is 1. The Morgan fingerprint density at radius 1 is 1.38 bits per heavy atom. The van der Waals surface area contributed by atoms with Crippen LogP contribution in [0.25, 0.3) is 0 Å². The Morgan fingerprint density at radius 3 is 2.71 bits per heavy atom. The van der Waals surface area contributed by atoms with Crippen molar-refractivity contribution in [2.75, 3.05) is 11.1 Å². The summed E-state index contributed by atoms with van der Waals surface area (Å²) in [6.07, 6.45) is 0. The van der Waals surface area contributed by atoms with Crippen molar-refractivity contribution in [3.63, 3.8) is 0 Å². The Bertz CT molecular complexity index is 733. The summed E-state index contributed by atoms with van der Waals surface area (Å²) in [6, 6.07) is 7.20. The fraction of sp³-hybridized carbons (Fsp3) is 0.0769. The molecule has 0 radical (unpaired) electrons. The number of amides is 1. The lowest BCUT2D eigenvalue weighted by molar-refractivity contribution is -0.385. The molecule has 0 aliphatic heterocycles. The van der Waals surface area contributed by atoms with Gasteiger partial charge in [0.25, 0.3) is 11.6 Å². The number of nitrogens with two attached hydrogens (primary N) is 1. The summed E-state index contributed by atoms with van der Waals surface area (Å²) in [5.74, 6) is -0.370. The summed E-state index contributed by atoms with van der Waals surface area (Å²) in [4.78, 5) is 26.2. The van der Waals surface area contributed by atoms with Gasteiger partial charge in [-0.15, -0.1) is 0 Å². The first kappa shape index (κ1) is 14.7. The van der Waals surface area contributed by atoms with Crippen LogP contribution in [0.2, 0.25) is 5.02 Å². The molecule has 1 aromatic heterocycles. The quantitative estimate of drug-likeness (QED) is 0.669. The molecule has 1 aromatic carbocycles. The molecule has 0 atom stereocenters. The molecule has 0 bridgehead atoms. The zero-order chi connectivity index (χ0) is 15.6. The molecule has 0 aliphatic rings. The number of nitro groups is 1. The number of hydrogen-bond donors (Lipinski definition) is 2. The number of benzene rings is 1. The van der Waals surface area contributed by atoms with Gasteiger partial charge in [0.15, 0.2) is 0 Å². The van der Waals surface area contributed by atoms with E-state index in [0.29, 0.717) is 11.3 Å². The molecule has 0 aliphatic carbocycles. The predicted octanol–water partition coefficient (Wildman–Crippen LogP) is 2.79. The van der Waals surface area contributed by atoms with Gasteiger partial charge < -0.3 is 11.1 Å². The van der Waals surface area contributed by atoms with Gasteiger partial charge in [0, 0.05) is 17.3 Å². The monoisotopic (exact) mass is 306 g/mol. The number of aryl methyl sites for hydroxylation is 1. The number of rotatable bonds is 3. The van der Waals surface area contributed by atoms with E-state index < -0.39 is 10.8 Å². The van der Waals surface area contributed by atoms with E-state index in [1.807, 2.05) is 0 Å². The molecule has 7 nitrogen and oxygen atoms in total. The Hall–Kier alpha value is -2.67. The largest absolute Gasteiger partial charge is 0.384 e. The zero-order valence-corrected chi connectivity index (χ0v) is 11.7. The number of pyridine rings is 1. The average molecular weight is 307 g/mol. The molecule has 21 heavy (non-hydrogen) atoms. The van der Waals surface area contributed by atoms with Crippen molar-refractivity contribution in [3.8, 4) is 0 Å². The topological polar surface area (TPSA) is 111 Å². The molecule has 1 heterocycles. The summed E-state index contributed by atoms with van der Waals surface area (Å²) in [6.45, 7) is 1.58. The second kappa shape index (κ2) is 5.76. The minimum Gasteiger partial charge on any atom is -0.384 e. The third kappa shape index (κ3) is 3.26. The van der Waals surface area contributed by atoms with Crippen LogP contribution in [0.4, 0.5) is 17.2 Å². The maximum Gasteiger partial charge on any atom is 0.275 e. The van der Waals surface area contributed by atoms with Crippen LogP contribution in [-0.4, -0.2) is 15.8 Å². The van der Waals surface area contributed by atoms with Crippen molar-refractivity contribution in [2.24, 2.45) is 0 Å². The first-order chi connectivity index (χ1) is 9.88. The molecule has 108 valence electrons. The molecule has 3 N–H and O–H groups in total. The summed E-state index contributed by atoms with van der Waals surface area (Å²) >= 11 is 5.89. The number of hydrogen-bond acceptors (Lipinski definition) is 5. The predicted molar refractivity (Wildman–Crippen MR) is 79.4 cm³/mol. The van der Waals surface area contributed by atoms with Crippen molar-refractivity contribution >= 4 is 34.7 Å². The average Bonchev–Trinajstić information content (AvgIpc) is 2.41. The number of nitro benzene ring substituents is 1. The highest BCUT2D eigenvalue weighted by atomic mass is 35.5. The van der Waals surface area contributed by atoms with Crippen LogP contribution in [0.3, 0.4) is 0 Å². The fourth-order valence-corrected chi connectivity index (χ4v) is 1.94. The standard InChI is InChI=1S/C13H11ClN4O3/c1-7-6-8(2-4-10(7)18(20)21)16-13(19)12-9(14)3-5-11(15)17-12/h2-6H,1H3,(H2,15,17)(H,16,19). The lowest BCUT2D eigenvalue weighted by Crippen LogP contribution is -2.15. The number of nitrogens with zero attached hydrogens (tertiary/aromatic N) is 2. The number of nitrogens with one attached hydrogen (secondary N) is 1. The molecule has 2 aromatic rings. The molecule has 0 saturated heterocycles. The fourth-order valence-electron chi connectivity index (χ4n) is 1.74. The molecule has 8 heteroatoms. The van der Waals surface area contributed by atoms with Crippen LogP contribution in [0.1, 0.15) is 16.1 Å². The van der Waals surface area contributed by atoms with Gasteiger partial charge in [0.1, 0.15) is 11.5 Å². The van der Waals surface area contributed by atoms with Crippen LogP contribution in [0, 0.1) is 17.0 Å². The first-order valence-corrected chi connectivity index (χ1v) is 6.24. The highest BCUT2D eigenvalue weighted by Gasteiger charge is 2.15. The molecule has 0 saturated carbocycles. The summed E-state index contributed by atoms with van der Waals surface area (Å²) in [5, 5.41) is 13.5. The third-order valence-corrected chi connectivity index (χ3v) is 3.04. The summed E-state index contributed by atoms with van der Waals surface area (Å²) in [5.41, 5.74) is 6.32. The van der Waals surface area contributed by atoms with Gasteiger partial charge in [0.05, 0.1) is 9.95 Å². The number of aromatic nitrogens is 1. The summed E-state index contributed by atoms with van der Waals surface area (Å²) in [7, 11) is 0. The smallest absolute Gasteiger partial charge is 0.275 e. The van der Waals surface area contributed by atoms with Gasteiger partial charge >= 0.3 is 0 Å². The lowest BCUT2D eigenvalue weighted by atomic mass is 10.2. The van der Waals surface area contributed by atoms with Gasteiger partial charge in [-0.2, -0.15) is 0 Å². The van der Waals surface area contributed by atoms with E-state index >= 15 is 0 Å². The zero-order valence-electron chi connectivity index (χ0n) is 11.0. The normalized spacial score (nSPS) is 10.2. The van der Waals surface area contributed by atoms with Gasteiger partial charge in [-0.3, -0.25) is 14.9 Å². The van der Waals surface area contributed by atoms with Crippen molar-refractivity contribution in [1.82, 2.24) is 4.98 Å². The maximum atomic E-state index is 12.1. The van der Waals surface area contributed by atoms with E-state index in [-0.39, 0.29) is 22.2 Å². The van der Waals surface area contributed by atoms with E-state index in [4.69, 9.17) is 17.3 Å². The number of carbonyl (C=O) groups is 1. The van der Waals surface area contributed by atoms with Crippen molar-refractivity contribution < 1.29 is 9.72 Å². The minimum atomic E-state index is -0.541. The SMILES string of the molecule is Cc1cc(NC(=O)c2nc(N)ccc2Cl)ccc1[N+](=O)[O-]. The van der Waals surface area contributed by atoms with Crippen LogP contribution in [0.15, 0.2) is 30.3 Å². The first-order valence-electron chi connectivity index (χ1n) is 5.87. The van der Waals surface area contributed by atoms with Gasteiger partial charge in [-0.1, -0.05) is 11.6 Å². The van der Waals surface area contributed by atoms with E-state index in [9.17, 15) is 14.9 Å². The van der Waals surface area contributed by atoms with E-state index in [1.54, 1.807) is 6.92 Å². The summed E-state index contributed by atoms with van der Waals surface area (Å²) < 4.78 is 0. The van der Waals surface area contributed by atoms with Crippen LogP contribution < -0.4 is 11.1 Å².